The number of likely N-dealkylation sites (tertiary alicyclic amines) is 1. The first-order valence-corrected chi connectivity index (χ1v) is 11.0. The Morgan fingerprint density at radius 3 is 2.38 bits per heavy atom. The number of carbonyl (C=O) groups excluding carboxylic acids is 2. The lowest BCUT2D eigenvalue weighted by Gasteiger charge is -2.34. The van der Waals surface area contributed by atoms with Crippen LogP contribution in [-0.4, -0.2) is 48.9 Å². The van der Waals surface area contributed by atoms with Gasteiger partial charge in [0.2, 0.25) is 11.8 Å². The van der Waals surface area contributed by atoms with Crippen LogP contribution in [0.25, 0.3) is 0 Å². The van der Waals surface area contributed by atoms with Gasteiger partial charge in [-0.1, -0.05) is 37.3 Å². The molecular weight excluding hydrogens is 386 g/mol. The lowest BCUT2D eigenvalue weighted by atomic mass is 9.92. The number of halogens is 1. The largest absolute Gasteiger partial charge is 0.353 e. The van der Waals surface area contributed by atoms with Crippen molar-refractivity contribution in [2.24, 2.45) is 5.92 Å². The van der Waals surface area contributed by atoms with Gasteiger partial charge in [-0.25, -0.2) is 0 Å². The zero-order valence-electron chi connectivity index (χ0n) is 17.6. The Labute approximate surface area is 181 Å². The fourth-order valence-electron chi connectivity index (χ4n) is 4.51. The minimum Gasteiger partial charge on any atom is -0.353 e. The van der Waals surface area contributed by atoms with Gasteiger partial charge in [0, 0.05) is 25.6 Å². The number of carbonyl (C=O) groups is 2. The van der Waals surface area contributed by atoms with Gasteiger partial charge in [-0.2, -0.15) is 0 Å². The molecule has 1 unspecified atom stereocenters. The van der Waals surface area contributed by atoms with Crippen LogP contribution < -0.4 is 10.6 Å². The van der Waals surface area contributed by atoms with Crippen LogP contribution in [0, 0.1) is 5.92 Å². The second-order valence-corrected chi connectivity index (χ2v) is 8.27. The molecule has 29 heavy (non-hydrogen) atoms. The molecule has 162 valence electrons. The smallest absolute Gasteiger partial charge is 0.230 e. The Bertz CT molecular complexity index is 626. The highest BCUT2D eigenvalue weighted by Gasteiger charge is 2.28. The summed E-state index contributed by atoms with van der Waals surface area (Å²) in [7, 11) is 0. The van der Waals surface area contributed by atoms with Crippen LogP contribution in [0.4, 0.5) is 0 Å². The molecule has 2 fully saturated rings. The molecule has 6 heteroatoms. The lowest BCUT2D eigenvalue weighted by Crippen LogP contribution is -2.47. The molecule has 2 saturated heterocycles. The third-order valence-electron chi connectivity index (χ3n) is 6.32. The first kappa shape index (κ1) is 23.7. The van der Waals surface area contributed by atoms with E-state index in [1.165, 1.54) is 12.8 Å². The normalized spacial score (nSPS) is 19.3. The van der Waals surface area contributed by atoms with E-state index >= 15 is 0 Å². The van der Waals surface area contributed by atoms with Crippen molar-refractivity contribution in [3.63, 3.8) is 0 Å². The van der Waals surface area contributed by atoms with E-state index in [9.17, 15) is 9.59 Å². The van der Waals surface area contributed by atoms with E-state index in [-0.39, 0.29) is 36.2 Å². The lowest BCUT2D eigenvalue weighted by molar-refractivity contribution is -0.134. The molecule has 2 aliphatic heterocycles. The van der Waals surface area contributed by atoms with Crippen molar-refractivity contribution >= 4 is 24.2 Å². The van der Waals surface area contributed by atoms with Gasteiger partial charge in [0.1, 0.15) is 0 Å². The van der Waals surface area contributed by atoms with Gasteiger partial charge in [-0.3, -0.25) is 9.59 Å². The average molecular weight is 422 g/mol. The minimum atomic E-state index is -0.0580. The molecule has 0 saturated carbocycles. The van der Waals surface area contributed by atoms with E-state index in [1.807, 2.05) is 35.2 Å². The van der Waals surface area contributed by atoms with Crippen LogP contribution in [0.2, 0.25) is 0 Å². The molecular formula is C23H36ClN3O2. The van der Waals surface area contributed by atoms with Crippen molar-refractivity contribution in [1.82, 2.24) is 15.5 Å². The zero-order valence-corrected chi connectivity index (χ0v) is 18.4. The van der Waals surface area contributed by atoms with Gasteiger partial charge in [0.05, 0.1) is 5.92 Å². The Balaban J connectivity index is 0.00000300. The third-order valence-corrected chi connectivity index (χ3v) is 6.32. The molecule has 2 aliphatic rings. The van der Waals surface area contributed by atoms with Crippen molar-refractivity contribution < 1.29 is 9.59 Å². The molecule has 0 bridgehead atoms. The standard InChI is InChI=1S/C23H35N3O2.ClH/c1-2-21(19-6-4-3-5-7-19)23(28)26-16-12-20(13-17-26)25-22(27)9-8-18-10-14-24-15-11-18;/h3-7,18,20-21,24H,2,8-17H2,1H3,(H,25,27);1H. The number of nitrogens with one attached hydrogen (secondary N) is 2. The summed E-state index contributed by atoms with van der Waals surface area (Å²) in [5.74, 6) is 1.04. The fourth-order valence-corrected chi connectivity index (χ4v) is 4.51. The minimum absolute atomic E-state index is 0. The topological polar surface area (TPSA) is 61.4 Å². The highest BCUT2D eigenvalue weighted by atomic mass is 35.5. The van der Waals surface area contributed by atoms with E-state index < -0.39 is 0 Å². The van der Waals surface area contributed by atoms with E-state index in [0.717, 1.165) is 57.4 Å². The monoisotopic (exact) mass is 421 g/mol. The summed E-state index contributed by atoms with van der Waals surface area (Å²) in [6.45, 7) is 5.72. The number of hydrogen-bond acceptors (Lipinski definition) is 3. The van der Waals surface area contributed by atoms with Crippen LogP contribution >= 0.6 is 12.4 Å². The summed E-state index contributed by atoms with van der Waals surface area (Å²) in [5, 5.41) is 6.57. The quantitative estimate of drug-likeness (QED) is 0.708. The van der Waals surface area contributed by atoms with Crippen molar-refractivity contribution in [2.75, 3.05) is 26.2 Å². The summed E-state index contributed by atoms with van der Waals surface area (Å²) < 4.78 is 0. The fraction of sp³-hybridized carbons (Fsp3) is 0.652. The van der Waals surface area contributed by atoms with Crippen molar-refractivity contribution in [2.45, 2.75) is 63.8 Å². The number of piperidine rings is 2. The van der Waals surface area contributed by atoms with Crippen LogP contribution in [0.15, 0.2) is 30.3 Å². The molecule has 3 rings (SSSR count). The molecule has 0 aliphatic carbocycles. The summed E-state index contributed by atoms with van der Waals surface area (Å²) in [6.07, 6.45) is 6.54. The summed E-state index contributed by atoms with van der Waals surface area (Å²) in [6, 6.07) is 10.3. The van der Waals surface area contributed by atoms with Gasteiger partial charge in [-0.15, -0.1) is 12.4 Å². The van der Waals surface area contributed by atoms with Gasteiger partial charge in [-0.05, 0) is 63.1 Å². The number of benzene rings is 1. The zero-order chi connectivity index (χ0) is 19.8. The van der Waals surface area contributed by atoms with Crippen molar-refractivity contribution in [3.05, 3.63) is 35.9 Å². The summed E-state index contributed by atoms with van der Waals surface area (Å²) in [4.78, 5) is 27.3. The van der Waals surface area contributed by atoms with Crippen LogP contribution in [0.1, 0.15) is 63.4 Å². The van der Waals surface area contributed by atoms with E-state index in [1.54, 1.807) is 0 Å². The summed E-state index contributed by atoms with van der Waals surface area (Å²) >= 11 is 0. The highest BCUT2D eigenvalue weighted by molar-refractivity contribution is 5.85. The number of nitrogens with zero attached hydrogens (tertiary/aromatic N) is 1. The second kappa shape index (κ2) is 12.2. The molecule has 2 amide bonds. The third kappa shape index (κ3) is 7.00. The maximum absolute atomic E-state index is 13.0. The molecule has 2 N–H and O–H groups in total. The molecule has 2 heterocycles. The molecule has 0 radical (unpaired) electrons. The Morgan fingerprint density at radius 1 is 1.10 bits per heavy atom. The van der Waals surface area contributed by atoms with E-state index in [4.69, 9.17) is 0 Å². The van der Waals surface area contributed by atoms with Crippen LogP contribution in [0.5, 0.6) is 0 Å². The molecule has 1 aromatic carbocycles. The Hall–Kier alpha value is -1.59. The van der Waals surface area contributed by atoms with Crippen molar-refractivity contribution in [3.8, 4) is 0 Å². The van der Waals surface area contributed by atoms with Crippen LogP contribution in [-0.2, 0) is 9.59 Å². The summed E-state index contributed by atoms with van der Waals surface area (Å²) in [5.41, 5.74) is 1.10. The Kier molecular flexibility index (Phi) is 9.95. The molecule has 0 spiro atoms. The second-order valence-electron chi connectivity index (χ2n) is 8.27. The van der Waals surface area contributed by atoms with Gasteiger partial charge in [0.15, 0.2) is 0 Å². The first-order valence-electron chi connectivity index (χ1n) is 11.0. The maximum atomic E-state index is 13.0. The number of amides is 2. The highest BCUT2D eigenvalue weighted by Crippen LogP contribution is 2.24. The van der Waals surface area contributed by atoms with Gasteiger partial charge >= 0.3 is 0 Å². The van der Waals surface area contributed by atoms with E-state index in [2.05, 4.69) is 17.6 Å². The predicted octanol–water partition coefficient (Wildman–Crippen LogP) is 3.49. The Morgan fingerprint density at radius 2 is 1.76 bits per heavy atom. The van der Waals surface area contributed by atoms with Crippen molar-refractivity contribution in [1.29, 1.82) is 0 Å². The van der Waals surface area contributed by atoms with E-state index in [0.29, 0.717) is 12.3 Å². The number of hydrogen-bond donors (Lipinski definition) is 2. The first-order chi connectivity index (χ1) is 13.7. The number of rotatable bonds is 7. The molecule has 1 aromatic rings. The molecule has 1 atom stereocenters. The molecule has 0 aromatic heterocycles. The predicted molar refractivity (Wildman–Crippen MR) is 119 cm³/mol. The molecule has 5 nitrogen and oxygen atoms in total. The SMILES string of the molecule is CCC(C(=O)N1CCC(NC(=O)CCC2CCNCC2)CC1)c1ccccc1.Cl. The van der Waals surface area contributed by atoms with Gasteiger partial charge in [0.25, 0.3) is 0 Å². The van der Waals surface area contributed by atoms with Crippen LogP contribution in [0.3, 0.4) is 0 Å². The average Bonchev–Trinajstić information content (AvgIpc) is 2.75. The van der Waals surface area contributed by atoms with Gasteiger partial charge < -0.3 is 15.5 Å². The maximum Gasteiger partial charge on any atom is 0.230 e.